The molecule has 1 unspecified atom stereocenters. The highest BCUT2D eigenvalue weighted by molar-refractivity contribution is 7.15. The second kappa shape index (κ2) is 7.31. The van der Waals surface area contributed by atoms with Crippen LogP contribution in [0.1, 0.15) is 25.8 Å². The standard InChI is InChI=1S/C15H18FN3O2S/c1-9(2)8-13-18-19-15(22-13)17-14(20)10(3)21-12-6-4-11(16)5-7-12/h4-7,9-10H,8H2,1-3H3,(H,17,19,20). The molecule has 0 saturated heterocycles. The Morgan fingerprint density at radius 1 is 1.27 bits per heavy atom. The number of rotatable bonds is 6. The number of amides is 1. The summed E-state index contributed by atoms with van der Waals surface area (Å²) in [6, 6.07) is 5.52. The highest BCUT2D eigenvalue weighted by Gasteiger charge is 2.17. The Morgan fingerprint density at radius 2 is 1.95 bits per heavy atom. The number of anilines is 1. The van der Waals surface area contributed by atoms with Crippen molar-refractivity contribution in [1.82, 2.24) is 10.2 Å². The van der Waals surface area contributed by atoms with E-state index in [1.807, 2.05) is 0 Å². The normalized spacial score (nSPS) is 12.2. The molecule has 2 aromatic rings. The SMILES string of the molecule is CC(C)Cc1nnc(NC(=O)C(C)Oc2ccc(F)cc2)s1. The summed E-state index contributed by atoms with van der Waals surface area (Å²) in [6.45, 7) is 5.81. The predicted octanol–water partition coefficient (Wildman–Crippen LogP) is 3.28. The van der Waals surface area contributed by atoms with E-state index < -0.39 is 6.10 Å². The first-order chi connectivity index (χ1) is 10.4. The zero-order valence-electron chi connectivity index (χ0n) is 12.7. The molecule has 1 aromatic carbocycles. The van der Waals surface area contributed by atoms with Crippen LogP contribution in [0.2, 0.25) is 0 Å². The maximum absolute atomic E-state index is 12.8. The maximum atomic E-state index is 12.8. The largest absolute Gasteiger partial charge is 0.481 e. The van der Waals surface area contributed by atoms with Crippen LogP contribution in [0, 0.1) is 11.7 Å². The number of hydrogen-bond acceptors (Lipinski definition) is 5. The van der Waals surface area contributed by atoms with Crippen molar-refractivity contribution in [2.75, 3.05) is 5.32 Å². The Hall–Kier alpha value is -2.02. The molecule has 22 heavy (non-hydrogen) atoms. The molecule has 0 spiro atoms. The third-order valence-corrected chi connectivity index (χ3v) is 3.64. The Kier molecular flexibility index (Phi) is 5.43. The van der Waals surface area contributed by atoms with Crippen molar-refractivity contribution in [2.24, 2.45) is 5.92 Å². The molecular weight excluding hydrogens is 305 g/mol. The van der Waals surface area contributed by atoms with E-state index in [9.17, 15) is 9.18 Å². The highest BCUT2D eigenvalue weighted by atomic mass is 32.1. The van der Waals surface area contributed by atoms with E-state index in [4.69, 9.17) is 4.74 Å². The van der Waals surface area contributed by atoms with Crippen LogP contribution in [0.25, 0.3) is 0 Å². The Balaban J connectivity index is 1.90. The molecule has 0 fully saturated rings. The molecule has 0 radical (unpaired) electrons. The minimum atomic E-state index is -0.720. The first-order valence-electron chi connectivity index (χ1n) is 6.99. The molecule has 0 aliphatic heterocycles. The van der Waals surface area contributed by atoms with Crippen molar-refractivity contribution in [1.29, 1.82) is 0 Å². The van der Waals surface area contributed by atoms with Crippen LogP contribution >= 0.6 is 11.3 Å². The van der Waals surface area contributed by atoms with Crippen LogP contribution in [0.3, 0.4) is 0 Å². The van der Waals surface area contributed by atoms with Crippen molar-refractivity contribution < 1.29 is 13.9 Å². The Labute approximate surface area is 132 Å². The molecule has 1 N–H and O–H groups in total. The van der Waals surface area contributed by atoms with Gasteiger partial charge < -0.3 is 4.74 Å². The molecule has 0 saturated carbocycles. The van der Waals surface area contributed by atoms with Gasteiger partial charge in [-0.2, -0.15) is 0 Å². The number of ether oxygens (including phenoxy) is 1. The smallest absolute Gasteiger partial charge is 0.266 e. The molecule has 1 amide bonds. The zero-order valence-corrected chi connectivity index (χ0v) is 13.5. The summed E-state index contributed by atoms with van der Waals surface area (Å²) in [4.78, 5) is 12.0. The fourth-order valence-corrected chi connectivity index (χ4v) is 2.67. The lowest BCUT2D eigenvalue weighted by Gasteiger charge is -2.13. The van der Waals surface area contributed by atoms with E-state index in [2.05, 4.69) is 29.4 Å². The predicted molar refractivity (Wildman–Crippen MR) is 83.6 cm³/mol. The lowest BCUT2D eigenvalue weighted by Crippen LogP contribution is -2.30. The Morgan fingerprint density at radius 3 is 2.59 bits per heavy atom. The van der Waals surface area contributed by atoms with E-state index >= 15 is 0 Å². The quantitative estimate of drug-likeness (QED) is 0.886. The first-order valence-corrected chi connectivity index (χ1v) is 7.81. The minimum Gasteiger partial charge on any atom is -0.481 e. The monoisotopic (exact) mass is 323 g/mol. The van der Waals surface area contributed by atoms with Crippen molar-refractivity contribution in [2.45, 2.75) is 33.3 Å². The van der Waals surface area contributed by atoms with Crippen LogP contribution in [-0.4, -0.2) is 22.2 Å². The molecule has 5 nitrogen and oxygen atoms in total. The van der Waals surface area contributed by atoms with Gasteiger partial charge in [0.05, 0.1) is 0 Å². The van der Waals surface area contributed by atoms with Crippen LogP contribution in [0.4, 0.5) is 9.52 Å². The number of hydrogen-bond donors (Lipinski definition) is 1. The number of carbonyl (C=O) groups is 1. The average Bonchev–Trinajstić information content (AvgIpc) is 2.87. The van der Waals surface area contributed by atoms with Crippen molar-refractivity contribution in [3.63, 3.8) is 0 Å². The summed E-state index contributed by atoms with van der Waals surface area (Å²) >= 11 is 1.36. The van der Waals surface area contributed by atoms with Gasteiger partial charge in [0.25, 0.3) is 5.91 Å². The molecule has 1 aromatic heterocycles. The fraction of sp³-hybridized carbons (Fsp3) is 0.400. The summed E-state index contributed by atoms with van der Waals surface area (Å²) in [7, 11) is 0. The number of nitrogens with one attached hydrogen (secondary N) is 1. The maximum Gasteiger partial charge on any atom is 0.266 e. The summed E-state index contributed by atoms with van der Waals surface area (Å²) in [5, 5.41) is 12.0. The minimum absolute atomic E-state index is 0.323. The Bertz CT molecular complexity index is 628. The number of halogens is 1. The van der Waals surface area contributed by atoms with E-state index in [1.165, 1.54) is 35.6 Å². The van der Waals surface area contributed by atoms with E-state index in [-0.39, 0.29) is 11.7 Å². The van der Waals surface area contributed by atoms with Gasteiger partial charge in [-0.1, -0.05) is 25.2 Å². The van der Waals surface area contributed by atoms with Gasteiger partial charge in [0.1, 0.15) is 16.6 Å². The summed E-state index contributed by atoms with van der Waals surface area (Å²) in [5.74, 6) is 0.242. The number of carbonyl (C=O) groups excluding carboxylic acids is 1. The second-order valence-corrected chi connectivity index (χ2v) is 6.36. The third-order valence-electron chi connectivity index (χ3n) is 2.78. The van der Waals surface area contributed by atoms with Crippen LogP contribution < -0.4 is 10.1 Å². The molecule has 0 aliphatic rings. The first kappa shape index (κ1) is 16.4. The zero-order chi connectivity index (χ0) is 16.1. The lowest BCUT2D eigenvalue weighted by atomic mass is 10.1. The molecule has 0 aliphatic carbocycles. The van der Waals surface area contributed by atoms with Gasteiger partial charge in [0, 0.05) is 6.42 Å². The van der Waals surface area contributed by atoms with E-state index in [0.717, 1.165) is 11.4 Å². The number of nitrogens with zero attached hydrogens (tertiary/aromatic N) is 2. The molecule has 1 atom stereocenters. The average molecular weight is 323 g/mol. The van der Waals surface area contributed by atoms with Crippen LogP contribution in [-0.2, 0) is 11.2 Å². The molecular formula is C15H18FN3O2S. The molecule has 7 heteroatoms. The molecule has 118 valence electrons. The summed E-state index contributed by atoms with van der Waals surface area (Å²) < 4.78 is 18.3. The van der Waals surface area contributed by atoms with Crippen LogP contribution in [0.15, 0.2) is 24.3 Å². The van der Waals surface area contributed by atoms with Crippen molar-refractivity contribution >= 4 is 22.4 Å². The highest BCUT2D eigenvalue weighted by Crippen LogP contribution is 2.19. The number of aromatic nitrogens is 2. The van der Waals surface area contributed by atoms with Gasteiger partial charge in [0.15, 0.2) is 6.10 Å². The van der Waals surface area contributed by atoms with Gasteiger partial charge in [-0.15, -0.1) is 10.2 Å². The van der Waals surface area contributed by atoms with Gasteiger partial charge >= 0.3 is 0 Å². The molecule has 2 rings (SSSR count). The van der Waals surface area contributed by atoms with Crippen molar-refractivity contribution in [3.05, 3.63) is 35.1 Å². The molecule has 1 heterocycles. The summed E-state index contributed by atoms with van der Waals surface area (Å²) in [6.07, 6.45) is 0.109. The van der Waals surface area contributed by atoms with Crippen molar-refractivity contribution in [3.8, 4) is 5.75 Å². The summed E-state index contributed by atoms with van der Waals surface area (Å²) in [5.41, 5.74) is 0. The van der Waals surface area contributed by atoms with Gasteiger partial charge in [0.2, 0.25) is 5.13 Å². The second-order valence-electron chi connectivity index (χ2n) is 5.30. The van der Waals surface area contributed by atoms with Gasteiger partial charge in [-0.25, -0.2) is 4.39 Å². The van der Waals surface area contributed by atoms with Gasteiger partial charge in [-0.3, -0.25) is 10.1 Å². The number of benzene rings is 1. The van der Waals surface area contributed by atoms with Crippen LogP contribution in [0.5, 0.6) is 5.75 Å². The third kappa shape index (κ3) is 4.77. The van der Waals surface area contributed by atoms with E-state index in [0.29, 0.717) is 16.8 Å². The van der Waals surface area contributed by atoms with E-state index in [1.54, 1.807) is 6.92 Å². The fourth-order valence-electron chi connectivity index (χ4n) is 1.71. The van der Waals surface area contributed by atoms with Gasteiger partial charge in [-0.05, 0) is 37.1 Å². The lowest BCUT2D eigenvalue weighted by molar-refractivity contribution is -0.122. The topological polar surface area (TPSA) is 64.1 Å². The molecule has 0 bridgehead atoms.